The van der Waals surface area contributed by atoms with Crippen molar-refractivity contribution in [3.63, 3.8) is 0 Å². The van der Waals surface area contributed by atoms with Crippen LogP contribution in [0.15, 0.2) is 0 Å². The van der Waals surface area contributed by atoms with Gasteiger partial charge in [0.2, 0.25) is 0 Å². The predicted molar refractivity (Wildman–Crippen MR) is 178 cm³/mol. The Kier molecular flexibility index (Phi) is 43.4. The van der Waals surface area contributed by atoms with E-state index in [9.17, 15) is 0 Å². The molecule has 0 aromatic carbocycles. The molecule has 0 saturated carbocycles. The minimum atomic E-state index is -0.949. The van der Waals surface area contributed by atoms with Crippen molar-refractivity contribution in [2.45, 2.75) is 61.0 Å². The molecule has 0 amide bonds. The Labute approximate surface area is 308 Å². The summed E-state index contributed by atoms with van der Waals surface area (Å²) in [4.78, 5) is 0. The molecule has 7 unspecified atom stereocenters. The van der Waals surface area contributed by atoms with Crippen LogP contribution < -0.4 is 0 Å². The smallest absolute Gasteiger partial charge is 0.104 e. The molecule has 2 rings (SSSR count). The van der Waals surface area contributed by atoms with E-state index in [1.54, 1.807) is 0 Å². The summed E-state index contributed by atoms with van der Waals surface area (Å²) in [5, 5.41) is 137. The molecule has 2 fully saturated rings. The van der Waals surface area contributed by atoms with Crippen molar-refractivity contribution in [1.29, 1.82) is 0 Å². The van der Waals surface area contributed by atoms with Crippen LogP contribution in [0.5, 0.6) is 0 Å². The molecule has 53 heavy (non-hydrogen) atoms. The van der Waals surface area contributed by atoms with Gasteiger partial charge >= 0.3 is 0 Å². The maximum atomic E-state index is 8.76. The van der Waals surface area contributed by atoms with Gasteiger partial charge in [-0.25, -0.2) is 0 Å². The lowest BCUT2D eigenvalue weighted by molar-refractivity contribution is -0.161. The van der Waals surface area contributed by atoms with Gasteiger partial charge in [-0.2, -0.15) is 0 Å². The van der Waals surface area contributed by atoms with E-state index in [0.717, 1.165) is 0 Å². The van der Waals surface area contributed by atoms with Crippen LogP contribution in [0.4, 0.5) is 0 Å². The fourth-order valence-electron chi connectivity index (χ4n) is 3.14. The molecule has 7 atom stereocenters. The Morgan fingerprint density at radius 3 is 1.04 bits per heavy atom. The summed E-state index contributed by atoms with van der Waals surface area (Å²) in [6.07, 6.45) is -5.82. The largest absolute Gasteiger partial charge is 0.394 e. The van der Waals surface area contributed by atoms with Gasteiger partial charge in [-0.1, -0.05) is 0 Å². The molecule has 2 aliphatic heterocycles. The van der Waals surface area contributed by atoms with E-state index in [-0.39, 0.29) is 130 Å². The number of aliphatic hydroxyl groups excluding tert-OH is 16. The van der Waals surface area contributed by atoms with Crippen molar-refractivity contribution in [3.05, 3.63) is 0 Å². The van der Waals surface area contributed by atoms with Gasteiger partial charge in [0.1, 0.15) is 61.0 Å². The second-order valence-corrected chi connectivity index (χ2v) is 11.0. The highest BCUT2D eigenvalue weighted by molar-refractivity contribution is 4.67. The van der Waals surface area contributed by atoms with Crippen molar-refractivity contribution in [1.82, 2.24) is 0 Å². The third-order valence-electron chi connectivity index (χ3n) is 6.23. The van der Waals surface area contributed by atoms with Crippen LogP contribution in [0.3, 0.4) is 0 Å². The van der Waals surface area contributed by atoms with Gasteiger partial charge in [-0.3, -0.25) is 0 Å². The third kappa shape index (κ3) is 34.1. The normalized spacial score (nSPS) is 21.6. The quantitative estimate of drug-likeness (QED) is 0.0484. The maximum absolute atomic E-state index is 8.76. The SMILES string of the molecule is OCC(CO)OC(CO)CO.OCC(O)COC(CO)CO.OCC(O)COCC(O)CO.OCC1COC(CO)CO1.OCC1COCC(CO)O1. The van der Waals surface area contributed by atoms with Crippen LogP contribution in [0, 0.1) is 0 Å². The van der Waals surface area contributed by atoms with Gasteiger partial charge in [0.25, 0.3) is 0 Å². The zero-order chi connectivity index (χ0) is 40.9. The lowest BCUT2D eigenvalue weighted by Crippen LogP contribution is -2.39. The Hall–Kier alpha value is -0.920. The molecule has 2 aliphatic rings. The van der Waals surface area contributed by atoms with Crippen LogP contribution in [0.2, 0.25) is 0 Å². The van der Waals surface area contributed by atoms with Gasteiger partial charge in [-0.05, 0) is 0 Å². The van der Waals surface area contributed by atoms with Gasteiger partial charge in [-0.15, -0.1) is 0 Å². The van der Waals surface area contributed by atoms with Gasteiger partial charge in [0.05, 0.1) is 132 Å². The van der Waals surface area contributed by atoms with Crippen LogP contribution in [0.1, 0.15) is 0 Å². The summed E-state index contributed by atoms with van der Waals surface area (Å²) in [5.41, 5.74) is 0. The number of hydrogen-bond donors (Lipinski definition) is 16. The molecular weight excluding hydrogens is 728 g/mol. The van der Waals surface area contributed by atoms with E-state index >= 15 is 0 Å². The second kappa shape index (κ2) is 40.7. The summed E-state index contributed by atoms with van der Waals surface area (Å²) in [7, 11) is 0. The molecule has 324 valence electrons. The van der Waals surface area contributed by atoms with Crippen LogP contribution in [0.25, 0.3) is 0 Å². The number of aliphatic hydroxyl groups is 16. The molecule has 0 bridgehead atoms. The van der Waals surface area contributed by atoms with Gasteiger partial charge < -0.3 is 115 Å². The summed E-state index contributed by atoms with van der Waals surface area (Å²) in [6, 6.07) is 0. The number of hydrogen-bond acceptors (Lipinski definition) is 23. The minimum absolute atomic E-state index is 0.0157. The Bertz CT molecular complexity index is 655. The molecule has 0 aromatic heterocycles. The molecule has 23 nitrogen and oxygen atoms in total. The average Bonchev–Trinajstić information content (AvgIpc) is 3.22. The van der Waals surface area contributed by atoms with Crippen molar-refractivity contribution < 1.29 is 115 Å². The fourth-order valence-corrected chi connectivity index (χ4v) is 3.14. The minimum Gasteiger partial charge on any atom is -0.394 e. The standard InChI is InChI=1S/3C6H14O5.2C6H12O4/c7-1-5(10)4-11-6(2-8)3-9;7-1-5(9)3-11-4-6(10)2-8;7-1-5(2-8)11-6(3-9)4-10;7-1-5-3-10-6(2-8)4-9-5;7-1-5-3-9-4-6(2-8)10-5/h3*5-10H,1-4H2;2*5-8H,1-4H2. The first-order valence-corrected chi connectivity index (χ1v) is 16.7. The molecule has 0 radical (unpaired) electrons. The van der Waals surface area contributed by atoms with E-state index < -0.39 is 36.6 Å². The predicted octanol–water partition coefficient (Wildman–Crippen LogP) is -9.36. The molecular formula is C30H66O23. The van der Waals surface area contributed by atoms with Crippen LogP contribution >= 0.6 is 0 Å². The van der Waals surface area contributed by atoms with E-state index in [1.165, 1.54) is 0 Å². The summed E-state index contributed by atoms with van der Waals surface area (Å²) < 4.78 is 34.7. The van der Waals surface area contributed by atoms with Gasteiger partial charge in [0, 0.05) is 0 Å². The first kappa shape index (κ1) is 56.4. The summed E-state index contributed by atoms with van der Waals surface area (Å²) in [6.45, 7) is -1.69. The highest BCUT2D eigenvalue weighted by Crippen LogP contribution is 2.07. The first-order chi connectivity index (χ1) is 25.4. The van der Waals surface area contributed by atoms with Crippen molar-refractivity contribution >= 4 is 0 Å². The van der Waals surface area contributed by atoms with Crippen molar-refractivity contribution in [2.75, 3.05) is 132 Å². The third-order valence-corrected chi connectivity index (χ3v) is 6.23. The Morgan fingerprint density at radius 2 is 0.755 bits per heavy atom. The van der Waals surface area contributed by atoms with Gasteiger partial charge in [0.15, 0.2) is 0 Å². The molecule has 16 N–H and O–H groups in total. The van der Waals surface area contributed by atoms with E-state index in [2.05, 4.69) is 0 Å². The zero-order valence-corrected chi connectivity index (χ0v) is 29.9. The molecule has 0 aromatic rings. The zero-order valence-electron chi connectivity index (χ0n) is 29.9. The van der Waals surface area contributed by atoms with Crippen molar-refractivity contribution in [2.24, 2.45) is 0 Å². The highest BCUT2D eigenvalue weighted by Gasteiger charge is 2.22. The molecule has 0 aliphatic carbocycles. The van der Waals surface area contributed by atoms with Crippen LogP contribution in [-0.4, -0.2) is 275 Å². The Morgan fingerprint density at radius 1 is 0.415 bits per heavy atom. The lowest BCUT2D eigenvalue weighted by Gasteiger charge is -2.27. The average molecular weight is 795 g/mol. The molecule has 2 heterocycles. The van der Waals surface area contributed by atoms with E-state index in [4.69, 9.17) is 115 Å². The summed E-state index contributed by atoms with van der Waals surface area (Å²) >= 11 is 0. The fraction of sp³-hybridized carbons (Fsp3) is 1.00. The van der Waals surface area contributed by atoms with Crippen LogP contribution in [-0.2, 0) is 33.2 Å². The lowest BCUT2D eigenvalue weighted by atomic mass is 10.3. The molecule has 23 heteroatoms. The van der Waals surface area contributed by atoms with E-state index in [0.29, 0.717) is 26.4 Å². The second-order valence-electron chi connectivity index (χ2n) is 11.0. The number of rotatable bonds is 22. The monoisotopic (exact) mass is 794 g/mol. The Balaban J connectivity index is -0.000000590. The highest BCUT2D eigenvalue weighted by atomic mass is 16.6. The summed E-state index contributed by atoms with van der Waals surface area (Å²) in [5.74, 6) is 0. The maximum Gasteiger partial charge on any atom is 0.104 e. The van der Waals surface area contributed by atoms with E-state index in [1.807, 2.05) is 0 Å². The van der Waals surface area contributed by atoms with Crippen molar-refractivity contribution in [3.8, 4) is 0 Å². The number of ether oxygens (including phenoxy) is 7. The first-order valence-electron chi connectivity index (χ1n) is 16.7. The topological polar surface area (TPSA) is 388 Å². The molecule has 2 saturated heterocycles. The molecule has 0 spiro atoms.